The van der Waals surface area contributed by atoms with Gasteiger partial charge in [0.25, 0.3) is 0 Å². The molecule has 2 amide bonds. The van der Waals surface area contributed by atoms with Gasteiger partial charge in [0.05, 0.1) is 12.8 Å². The van der Waals surface area contributed by atoms with Crippen molar-refractivity contribution in [2.24, 2.45) is 0 Å². The first-order valence-corrected chi connectivity index (χ1v) is 8.66. The average Bonchev–Trinajstić information content (AvgIpc) is 2.58. The quantitative estimate of drug-likeness (QED) is 0.805. The second kappa shape index (κ2) is 8.43. The Morgan fingerprint density at radius 3 is 2.42 bits per heavy atom. The van der Waals surface area contributed by atoms with E-state index in [1.807, 2.05) is 19.9 Å². The molecule has 0 aromatic heterocycles. The summed E-state index contributed by atoms with van der Waals surface area (Å²) >= 11 is 12.1. The van der Waals surface area contributed by atoms with Crippen molar-refractivity contribution in [3.63, 3.8) is 0 Å². The molecular weight excluding hydrogens is 375 g/mol. The van der Waals surface area contributed by atoms with Crippen molar-refractivity contribution in [2.75, 3.05) is 23.9 Å². The molecule has 7 heteroatoms. The number of carbonyl (C=O) groups excluding carboxylic acids is 2. The zero-order valence-electron chi connectivity index (χ0n) is 15.0. The Bertz CT molecular complexity index is 853. The maximum Gasteiger partial charge on any atom is 0.244 e. The van der Waals surface area contributed by atoms with Crippen molar-refractivity contribution in [3.05, 3.63) is 51.5 Å². The van der Waals surface area contributed by atoms with Gasteiger partial charge in [-0.2, -0.15) is 0 Å². The van der Waals surface area contributed by atoms with Crippen LogP contribution in [0.4, 0.5) is 11.4 Å². The van der Waals surface area contributed by atoms with Gasteiger partial charge in [0.2, 0.25) is 11.8 Å². The van der Waals surface area contributed by atoms with Gasteiger partial charge in [0, 0.05) is 28.7 Å². The summed E-state index contributed by atoms with van der Waals surface area (Å²) in [6.45, 7) is 4.90. The molecule has 0 atom stereocenters. The SMILES string of the molecule is COc1cc(Cl)c(C)cc1N(CC(=O)Nc1cc(Cl)ccc1C)C(C)=O. The van der Waals surface area contributed by atoms with E-state index in [1.54, 1.807) is 24.3 Å². The zero-order valence-corrected chi connectivity index (χ0v) is 16.5. The summed E-state index contributed by atoms with van der Waals surface area (Å²) in [6, 6.07) is 8.57. The van der Waals surface area contributed by atoms with Crippen molar-refractivity contribution < 1.29 is 14.3 Å². The summed E-state index contributed by atoms with van der Waals surface area (Å²) in [5.74, 6) is -0.217. The van der Waals surface area contributed by atoms with E-state index in [0.717, 1.165) is 11.1 Å². The molecule has 0 radical (unpaired) electrons. The fourth-order valence-electron chi connectivity index (χ4n) is 2.45. The molecule has 0 saturated heterocycles. The number of methoxy groups -OCH3 is 1. The Hall–Kier alpha value is -2.24. The number of aryl methyl sites for hydroxylation is 2. The molecule has 0 spiro atoms. The standard InChI is InChI=1S/C19H20Cl2N2O3/c1-11-5-6-14(20)8-16(11)22-19(25)10-23(13(3)24)17-7-12(2)15(21)9-18(17)26-4/h5-9H,10H2,1-4H3,(H,22,25). The molecule has 138 valence electrons. The Morgan fingerprint density at radius 2 is 1.81 bits per heavy atom. The highest BCUT2D eigenvalue weighted by molar-refractivity contribution is 6.31. The van der Waals surface area contributed by atoms with Gasteiger partial charge in [0.1, 0.15) is 12.3 Å². The van der Waals surface area contributed by atoms with E-state index in [1.165, 1.54) is 18.9 Å². The number of nitrogens with zero attached hydrogens (tertiary/aromatic N) is 1. The summed E-state index contributed by atoms with van der Waals surface area (Å²) in [5, 5.41) is 3.82. The van der Waals surface area contributed by atoms with Gasteiger partial charge in [-0.3, -0.25) is 14.5 Å². The average molecular weight is 395 g/mol. The van der Waals surface area contributed by atoms with Crippen LogP contribution < -0.4 is 15.0 Å². The monoisotopic (exact) mass is 394 g/mol. The molecule has 0 bridgehead atoms. The van der Waals surface area contributed by atoms with Crippen molar-refractivity contribution in [1.82, 2.24) is 0 Å². The molecule has 2 aromatic rings. The van der Waals surface area contributed by atoms with Crippen molar-refractivity contribution >= 4 is 46.4 Å². The fraction of sp³-hybridized carbons (Fsp3) is 0.263. The predicted octanol–water partition coefficient (Wildman–Crippen LogP) is 4.61. The smallest absolute Gasteiger partial charge is 0.244 e. The van der Waals surface area contributed by atoms with Gasteiger partial charge in [-0.05, 0) is 43.2 Å². The maximum atomic E-state index is 12.5. The summed E-state index contributed by atoms with van der Waals surface area (Å²) in [7, 11) is 1.48. The van der Waals surface area contributed by atoms with Gasteiger partial charge in [0.15, 0.2) is 0 Å². The first-order valence-electron chi connectivity index (χ1n) is 7.91. The Labute approximate surface area is 162 Å². The third kappa shape index (κ3) is 4.68. The van der Waals surface area contributed by atoms with E-state index in [9.17, 15) is 9.59 Å². The van der Waals surface area contributed by atoms with Crippen LogP contribution in [0.15, 0.2) is 30.3 Å². The summed E-state index contributed by atoms with van der Waals surface area (Å²) < 4.78 is 5.32. The van der Waals surface area contributed by atoms with Crippen LogP contribution in [0.3, 0.4) is 0 Å². The number of anilines is 2. The number of halogens is 2. The van der Waals surface area contributed by atoms with E-state index in [2.05, 4.69) is 5.32 Å². The summed E-state index contributed by atoms with van der Waals surface area (Å²) in [6.07, 6.45) is 0. The van der Waals surface area contributed by atoms with Crippen LogP contribution >= 0.6 is 23.2 Å². The van der Waals surface area contributed by atoms with Gasteiger partial charge < -0.3 is 10.1 Å². The lowest BCUT2D eigenvalue weighted by Crippen LogP contribution is -2.37. The van der Waals surface area contributed by atoms with Crippen molar-refractivity contribution in [3.8, 4) is 5.75 Å². The zero-order chi connectivity index (χ0) is 19.4. The normalized spacial score (nSPS) is 10.4. The van der Waals surface area contributed by atoms with Gasteiger partial charge >= 0.3 is 0 Å². The second-order valence-electron chi connectivity index (χ2n) is 5.89. The molecule has 0 aliphatic rings. The molecule has 5 nitrogen and oxygen atoms in total. The molecule has 0 heterocycles. The number of amides is 2. The van der Waals surface area contributed by atoms with Crippen LogP contribution in [0.25, 0.3) is 0 Å². The number of rotatable bonds is 5. The molecular formula is C19H20Cl2N2O3. The minimum absolute atomic E-state index is 0.168. The highest BCUT2D eigenvalue weighted by atomic mass is 35.5. The van der Waals surface area contributed by atoms with E-state index in [0.29, 0.717) is 27.2 Å². The van der Waals surface area contributed by atoms with E-state index in [-0.39, 0.29) is 18.4 Å². The van der Waals surface area contributed by atoms with Crippen LogP contribution in [-0.2, 0) is 9.59 Å². The van der Waals surface area contributed by atoms with Crippen LogP contribution in [-0.4, -0.2) is 25.5 Å². The molecule has 0 unspecified atom stereocenters. The largest absolute Gasteiger partial charge is 0.495 e. The van der Waals surface area contributed by atoms with E-state index >= 15 is 0 Å². The topological polar surface area (TPSA) is 58.6 Å². The minimum Gasteiger partial charge on any atom is -0.495 e. The van der Waals surface area contributed by atoms with Crippen LogP contribution in [0.1, 0.15) is 18.1 Å². The van der Waals surface area contributed by atoms with Gasteiger partial charge in [-0.25, -0.2) is 0 Å². The molecule has 2 rings (SSSR count). The number of nitrogens with one attached hydrogen (secondary N) is 1. The molecule has 1 N–H and O–H groups in total. The summed E-state index contributed by atoms with van der Waals surface area (Å²) in [5.41, 5.74) is 2.74. The first kappa shape index (κ1) is 20.1. The van der Waals surface area contributed by atoms with E-state index < -0.39 is 0 Å². The lowest BCUT2D eigenvalue weighted by Gasteiger charge is -2.24. The van der Waals surface area contributed by atoms with Crippen LogP contribution in [0.5, 0.6) is 5.75 Å². The highest BCUT2D eigenvalue weighted by Crippen LogP contribution is 2.34. The Kier molecular flexibility index (Phi) is 6.51. The number of carbonyl (C=O) groups is 2. The first-order chi connectivity index (χ1) is 12.2. The second-order valence-corrected chi connectivity index (χ2v) is 6.73. The Balaban J connectivity index is 2.29. The number of hydrogen-bond acceptors (Lipinski definition) is 3. The summed E-state index contributed by atoms with van der Waals surface area (Å²) in [4.78, 5) is 26.0. The third-order valence-corrected chi connectivity index (χ3v) is 4.55. The third-order valence-electron chi connectivity index (χ3n) is 3.91. The van der Waals surface area contributed by atoms with Gasteiger partial charge in [-0.1, -0.05) is 29.3 Å². The lowest BCUT2D eigenvalue weighted by atomic mass is 10.1. The predicted molar refractivity (Wildman–Crippen MR) is 106 cm³/mol. The van der Waals surface area contributed by atoms with Crippen molar-refractivity contribution in [1.29, 1.82) is 0 Å². The van der Waals surface area contributed by atoms with Crippen molar-refractivity contribution in [2.45, 2.75) is 20.8 Å². The molecule has 0 aliphatic heterocycles. The highest BCUT2D eigenvalue weighted by Gasteiger charge is 2.21. The Morgan fingerprint density at radius 1 is 1.12 bits per heavy atom. The number of benzene rings is 2. The lowest BCUT2D eigenvalue weighted by molar-refractivity contribution is -0.120. The molecule has 0 aliphatic carbocycles. The molecule has 0 fully saturated rings. The molecule has 2 aromatic carbocycles. The van der Waals surface area contributed by atoms with Gasteiger partial charge in [-0.15, -0.1) is 0 Å². The molecule has 26 heavy (non-hydrogen) atoms. The minimum atomic E-state index is -0.347. The maximum absolute atomic E-state index is 12.5. The fourth-order valence-corrected chi connectivity index (χ4v) is 2.78. The number of hydrogen-bond donors (Lipinski definition) is 1. The number of ether oxygens (including phenoxy) is 1. The van der Waals surface area contributed by atoms with Crippen LogP contribution in [0.2, 0.25) is 10.0 Å². The van der Waals surface area contributed by atoms with Crippen LogP contribution in [0, 0.1) is 13.8 Å². The molecule has 0 saturated carbocycles. The van der Waals surface area contributed by atoms with E-state index in [4.69, 9.17) is 27.9 Å².